The summed E-state index contributed by atoms with van der Waals surface area (Å²) in [5.41, 5.74) is 2.69. The predicted octanol–water partition coefficient (Wildman–Crippen LogP) is -0.763. The summed E-state index contributed by atoms with van der Waals surface area (Å²) in [4.78, 5) is 2.30. The van der Waals surface area contributed by atoms with Gasteiger partial charge in [-0.2, -0.15) is 0 Å². The third kappa shape index (κ3) is 6.54. The summed E-state index contributed by atoms with van der Waals surface area (Å²) in [6.45, 7) is 6.29. The SMILES string of the molecule is CNCCN(C)CC(C)CNN. The topological polar surface area (TPSA) is 53.3 Å². The number of nitrogens with one attached hydrogen (secondary N) is 2. The molecular weight excluding hydrogens is 152 g/mol. The molecule has 0 aliphatic carbocycles. The lowest BCUT2D eigenvalue weighted by Gasteiger charge is -2.20. The van der Waals surface area contributed by atoms with E-state index >= 15 is 0 Å². The Bertz CT molecular complexity index is 97.1. The quantitative estimate of drug-likeness (QED) is 0.351. The Morgan fingerprint density at radius 2 is 2.17 bits per heavy atom. The number of hydrazine groups is 1. The van der Waals surface area contributed by atoms with E-state index in [0.717, 1.165) is 26.2 Å². The van der Waals surface area contributed by atoms with E-state index in [4.69, 9.17) is 5.84 Å². The monoisotopic (exact) mass is 174 g/mol. The van der Waals surface area contributed by atoms with Crippen LogP contribution in [-0.2, 0) is 0 Å². The lowest BCUT2D eigenvalue weighted by molar-refractivity contribution is 0.283. The van der Waals surface area contributed by atoms with E-state index in [-0.39, 0.29) is 0 Å². The zero-order valence-corrected chi connectivity index (χ0v) is 8.43. The molecular formula is C8H22N4. The Hall–Kier alpha value is -0.160. The number of rotatable bonds is 7. The van der Waals surface area contributed by atoms with Gasteiger partial charge < -0.3 is 10.2 Å². The number of hydrogen-bond acceptors (Lipinski definition) is 4. The molecule has 4 heteroatoms. The van der Waals surface area contributed by atoms with Gasteiger partial charge in [0.25, 0.3) is 0 Å². The average molecular weight is 174 g/mol. The zero-order chi connectivity index (χ0) is 9.40. The van der Waals surface area contributed by atoms with Crippen molar-refractivity contribution in [3.05, 3.63) is 0 Å². The fourth-order valence-electron chi connectivity index (χ4n) is 1.19. The fraction of sp³-hybridized carbons (Fsp3) is 1.00. The predicted molar refractivity (Wildman–Crippen MR) is 52.8 cm³/mol. The highest BCUT2D eigenvalue weighted by Crippen LogP contribution is 1.94. The van der Waals surface area contributed by atoms with Gasteiger partial charge in [0.15, 0.2) is 0 Å². The summed E-state index contributed by atoms with van der Waals surface area (Å²) in [7, 11) is 4.10. The van der Waals surface area contributed by atoms with Crippen LogP contribution in [0.5, 0.6) is 0 Å². The van der Waals surface area contributed by atoms with Crippen molar-refractivity contribution in [2.75, 3.05) is 40.3 Å². The number of likely N-dealkylation sites (N-methyl/N-ethyl adjacent to an activating group) is 2. The molecule has 74 valence electrons. The summed E-state index contributed by atoms with van der Waals surface area (Å²) >= 11 is 0. The first kappa shape index (κ1) is 11.8. The molecule has 0 amide bonds. The van der Waals surface area contributed by atoms with Crippen molar-refractivity contribution in [3.8, 4) is 0 Å². The van der Waals surface area contributed by atoms with Crippen LogP contribution in [0.1, 0.15) is 6.92 Å². The van der Waals surface area contributed by atoms with Crippen molar-refractivity contribution < 1.29 is 0 Å². The maximum Gasteiger partial charge on any atom is 0.0135 e. The second-order valence-electron chi connectivity index (χ2n) is 3.38. The molecule has 0 aromatic carbocycles. The summed E-state index contributed by atoms with van der Waals surface area (Å²) < 4.78 is 0. The van der Waals surface area contributed by atoms with Crippen molar-refractivity contribution in [1.29, 1.82) is 0 Å². The van der Waals surface area contributed by atoms with Gasteiger partial charge in [-0.25, -0.2) is 0 Å². The smallest absolute Gasteiger partial charge is 0.0135 e. The maximum atomic E-state index is 5.22. The van der Waals surface area contributed by atoms with Crippen molar-refractivity contribution in [2.24, 2.45) is 11.8 Å². The molecule has 0 saturated carbocycles. The van der Waals surface area contributed by atoms with Gasteiger partial charge in [0, 0.05) is 26.2 Å². The van der Waals surface area contributed by atoms with Gasteiger partial charge in [0.05, 0.1) is 0 Å². The van der Waals surface area contributed by atoms with Crippen molar-refractivity contribution in [2.45, 2.75) is 6.92 Å². The second kappa shape index (κ2) is 7.49. The van der Waals surface area contributed by atoms with Crippen LogP contribution in [0.15, 0.2) is 0 Å². The number of hydrogen-bond donors (Lipinski definition) is 3. The Labute approximate surface area is 75.5 Å². The van der Waals surface area contributed by atoms with Crippen molar-refractivity contribution in [1.82, 2.24) is 15.6 Å². The normalized spacial score (nSPS) is 13.8. The standard InChI is InChI=1S/C8H22N4/c1-8(6-11-9)7-12(3)5-4-10-2/h8,10-11H,4-7,9H2,1-3H3. The van der Waals surface area contributed by atoms with E-state index in [1.165, 1.54) is 0 Å². The van der Waals surface area contributed by atoms with Crippen LogP contribution >= 0.6 is 0 Å². The second-order valence-corrected chi connectivity index (χ2v) is 3.38. The molecule has 0 aromatic rings. The van der Waals surface area contributed by atoms with Crippen LogP contribution in [0.2, 0.25) is 0 Å². The Morgan fingerprint density at radius 3 is 2.67 bits per heavy atom. The summed E-state index contributed by atoms with van der Waals surface area (Å²) in [5, 5.41) is 3.12. The number of nitrogens with zero attached hydrogens (tertiary/aromatic N) is 1. The maximum absolute atomic E-state index is 5.22. The molecule has 1 atom stereocenters. The molecule has 0 fully saturated rings. The molecule has 0 aromatic heterocycles. The highest BCUT2D eigenvalue weighted by atomic mass is 15.2. The van der Waals surface area contributed by atoms with Crippen LogP contribution < -0.4 is 16.6 Å². The summed E-state index contributed by atoms with van der Waals surface area (Å²) in [6.07, 6.45) is 0. The van der Waals surface area contributed by atoms with Gasteiger partial charge in [-0.05, 0) is 20.0 Å². The van der Waals surface area contributed by atoms with Gasteiger partial charge in [-0.1, -0.05) is 6.92 Å². The highest BCUT2D eigenvalue weighted by Gasteiger charge is 2.04. The third-order valence-electron chi connectivity index (χ3n) is 1.83. The van der Waals surface area contributed by atoms with Crippen molar-refractivity contribution in [3.63, 3.8) is 0 Å². The number of nitrogens with two attached hydrogens (primary N) is 1. The first-order chi connectivity index (χ1) is 5.70. The largest absolute Gasteiger partial charge is 0.318 e. The van der Waals surface area contributed by atoms with Crippen LogP contribution in [-0.4, -0.2) is 45.2 Å². The molecule has 0 spiro atoms. The molecule has 12 heavy (non-hydrogen) atoms. The van der Waals surface area contributed by atoms with Crippen molar-refractivity contribution >= 4 is 0 Å². The lowest BCUT2D eigenvalue weighted by Crippen LogP contribution is -2.36. The first-order valence-electron chi connectivity index (χ1n) is 4.47. The van der Waals surface area contributed by atoms with Crippen LogP contribution in [0.3, 0.4) is 0 Å². The van der Waals surface area contributed by atoms with E-state index in [9.17, 15) is 0 Å². The molecule has 0 bridgehead atoms. The molecule has 0 aliphatic rings. The zero-order valence-electron chi connectivity index (χ0n) is 8.43. The molecule has 4 nitrogen and oxygen atoms in total. The van der Waals surface area contributed by atoms with Gasteiger partial charge in [0.1, 0.15) is 0 Å². The van der Waals surface area contributed by atoms with E-state index in [1.54, 1.807) is 0 Å². The van der Waals surface area contributed by atoms with Gasteiger partial charge in [-0.15, -0.1) is 0 Å². The Morgan fingerprint density at radius 1 is 1.50 bits per heavy atom. The lowest BCUT2D eigenvalue weighted by atomic mass is 10.2. The highest BCUT2D eigenvalue weighted by molar-refractivity contribution is 4.60. The molecule has 0 rings (SSSR count). The molecule has 1 unspecified atom stereocenters. The van der Waals surface area contributed by atoms with Crippen LogP contribution in [0, 0.1) is 5.92 Å². The molecule has 0 aliphatic heterocycles. The molecule has 0 saturated heterocycles. The van der Waals surface area contributed by atoms with E-state index in [1.807, 2.05) is 7.05 Å². The summed E-state index contributed by atoms with van der Waals surface area (Å²) in [6, 6.07) is 0. The van der Waals surface area contributed by atoms with Crippen LogP contribution in [0.25, 0.3) is 0 Å². The van der Waals surface area contributed by atoms with Crippen LogP contribution in [0.4, 0.5) is 0 Å². The molecule has 0 heterocycles. The molecule has 0 radical (unpaired) electrons. The van der Waals surface area contributed by atoms with E-state index in [2.05, 4.69) is 29.6 Å². The fourth-order valence-corrected chi connectivity index (χ4v) is 1.19. The minimum Gasteiger partial charge on any atom is -0.318 e. The third-order valence-corrected chi connectivity index (χ3v) is 1.83. The van der Waals surface area contributed by atoms with Gasteiger partial charge >= 0.3 is 0 Å². The minimum atomic E-state index is 0.608. The van der Waals surface area contributed by atoms with E-state index < -0.39 is 0 Å². The van der Waals surface area contributed by atoms with E-state index in [0.29, 0.717) is 5.92 Å². The van der Waals surface area contributed by atoms with Gasteiger partial charge in [0.2, 0.25) is 0 Å². The minimum absolute atomic E-state index is 0.608. The summed E-state index contributed by atoms with van der Waals surface area (Å²) in [5.74, 6) is 5.83. The Kier molecular flexibility index (Phi) is 7.39. The average Bonchev–Trinajstić information content (AvgIpc) is 2.01. The first-order valence-corrected chi connectivity index (χ1v) is 4.47. The van der Waals surface area contributed by atoms with Gasteiger partial charge in [-0.3, -0.25) is 11.3 Å². The Balaban J connectivity index is 3.33. The molecule has 4 N–H and O–H groups in total.